The van der Waals surface area contributed by atoms with Gasteiger partial charge in [0.1, 0.15) is 5.82 Å². The van der Waals surface area contributed by atoms with Crippen LogP contribution in [0, 0.1) is 5.92 Å². The van der Waals surface area contributed by atoms with Crippen molar-refractivity contribution >= 4 is 11.7 Å². The topological polar surface area (TPSA) is 54.9 Å². The Kier molecular flexibility index (Phi) is 6.39. The highest BCUT2D eigenvalue weighted by Gasteiger charge is 2.31. The Morgan fingerprint density at radius 2 is 1.71 bits per heavy atom. The molecule has 0 aliphatic carbocycles. The maximum Gasteiger partial charge on any atom is 0.230 e. The van der Waals surface area contributed by atoms with Crippen molar-refractivity contribution < 1.29 is 14.3 Å². The first-order valence-electron chi connectivity index (χ1n) is 9.71. The lowest BCUT2D eigenvalue weighted by atomic mass is 9.86. The van der Waals surface area contributed by atoms with Crippen LogP contribution in [0.4, 0.5) is 5.82 Å². The van der Waals surface area contributed by atoms with E-state index in [0.717, 1.165) is 24.5 Å². The second-order valence-corrected chi connectivity index (χ2v) is 7.34. The van der Waals surface area contributed by atoms with Crippen LogP contribution in [0.2, 0.25) is 0 Å². The highest BCUT2D eigenvalue weighted by atomic mass is 16.5. The maximum absolute atomic E-state index is 13.4. The van der Waals surface area contributed by atoms with E-state index in [1.807, 2.05) is 41.3 Å². The van der Waals surface area contributed by atoms with Crippen molar-refractivity contribution in [3.8, 4) is 11.5 Å². The number of hydrogen-bond donors (Lipinski definition) is 0. The molecule has 1 amide bonds. The number of pyridine rings is 1. The quantitative estimate of drug-likeness (QED) is 0.767. The van der Waals surface area contributed by atoms with Crippen LogP contribution in [0.15, 0.2) is 42.6 Å². The van der Waals surface area contributed by atoms with E-state index in [0.29, 0.717) is 24.6 Å². The monoisotopic (exact) mass is 383 g/mol. The van der Waals surface area contributed by atoms with Gasteiger partial charge in [-0.1, -0.05) is 26.0 Å². The first kappa shape index (κ1) is 20.0. The molecule has 150 valence electrons. The van der Waals surface area contributed by atoms with Gasteiger partial charge in [-0.3, -0.25) is 4.79 Å². The summed E-state index contributed by atoms with van der Waals surface area (Å²) in [4.78, 5) is 22.0. The van der Waals surface area contributed by atoms with Gasteiger partial charge in [-0.25, -0.2) is 4.98 Å². The number of nitrogens with zero attached hydrogens (tertiary/aromatic N) is 3. The molecule has 0 N–H and O–H groups in total. The van der Waals surface area contributed by atoms with Crippen molar-refractivity contribution in [1.29, 1.82) is 0 Å². The Hall–Kier alpha value is -2.76. The van der Waals surface area contributed by atoms with E-state index >= 15 is 0 Å². The summed E-state index contributed by atoms with van der Waals surface area (Å²) in [6.07, 6.45) is 1.80. The lowest BCUT2D eigenvalue weighted by Crippen LogP contribution is -2.50. The number of benzene rings is 1. The first-order valence-corrected chi connectivity index (χ1v) is 9.71. The molecule has 1 aromatic carbocycles. The highest BCUT2D eigenvalue weighted by Crippen LogP contribution is 2.34. The van der Waals surface area contributed by atoms with Crippen molar-refractivity contribution in [2.45, 2.75) is 19.8 Å². The number of anilines is 1. The Balaban J connectivity index is 1.74. The van der Waals surface area contributed by atoms with E-state index in [4.69, 9.17) is 9.47 Å². The first-order chi connectivity index (χ1) is 13.5. The molecule has 2 aromatic rings. The summed E-state index contributed by atoms with van der Waals surface area (Å²) in [6, 6.07) is 11.7. The van der Waals surface area contributed by atoms with E-state index in [1.165, 1.54) is 0 Å². The molecule has 0 saturated carbocycles. The van der Waals surface area contributed by atoms with Gasteiger partial charge in [-0.2, -0.15) is 0 Å². The SMILES string of the molecule is COc1ccc(C(C(=O)N2CCN(c3ccccn3)CC2)C(C)C)cc1OC. The fraction of sp³-hybridized carbons (Fsp3) is 0.455. The molecule has 1 aromatic heterocycles. The van der Waals surface area contributed by atoms with Crippen molar-refractivity contribution in [3.63, 3.8) is 0 Å². The van der Waals surface area contributed by atoms with Crippen LogP contribution < -0.4 is 14.4 Å². The van der Waals surface area contributed by atoms with Crippen LogP contribution >= 0.6 is 0 Å². The summed E-state index contributed by atoms with van der Waals surface area (Å²) in [5, 5.41) is 0. The number of amides is 1. The van der Waals surface area contributed by atoms with E-state index in [-0.39, 0.29) is 17.7 Å². The van der Waals surface area contributed by atoms with E-state index in [9.17, 15) is 4.79 Å². The number of carbonyl (C=O) groups is 1. The van der Waals surface area contributed by atoms with Gasteiger partial charge < -0.3 is 19.3 Å². The molecule has 1 aliphatic rings. The summed E-state index contributed by atoms with van der Waals surface area (Å²) in [7, 11) is 3.23. The molecule has 1 atom stereocenters. The average Bonchev–Trinajstić information content (AvgIpc) is 2.74. The fourth-order valence-electron chi connectivity index (χ4n) is 3.75. The molecule has 0 radical (unpaired) electrons. The number of methoxy groups -OCH3 is 2. The molecule has 6 nitrogen and oxygen atoms in total. The Morgan fingerprint density at radius 3 is 2.29 bits per heavy atom. The number of rotatable bonds is 6. The zero-order valence-corrected chi connectivity index (χ0v) is 17.1. The molecule has 28 heavy (non-hydrogen) atoms. The molecule has 1 aliphatic heterocycles. The van der Waals surface area contributed by atoms with Gasteiger partial charge in [-0.15, -0.1) is 0 Å². The minimum absolute atomic E-state index is 0.169. The van der Waals surface area contributed by atoms with Crippen LogP contribution in [0.25, 0.3) is 0 Å². The van der Waals surface area contributed by atoms with Gasteiger partial charge in [0.15, 0.2) is 11.5 Å². The van der Waals surface area contributed by atoms with E-state index < -0.39 is 0 Å². The molecule has 1 fully saturated rings. The van der Waals surface area contributed by atoms with Crippen molar-refractivity contribution in [2.75, 3.05) is 45.3 Å². The summed E-state index contributed by atoms with van der Waals surface area (Å²) < 4.78 is 10.8. The van der Waals surface area contributed by atoms with Crippen molar-refractivity contribution in [2.24, 2.45) is 5.92 Å². The van der Waals surface area contributed by atoms with Gasteiger partial charge >= 0.3 is 0 Å². The summed E-state index contributed by atoms with van der Waals surface area (Å²) in [5.41, 5.74) is 0.963. The third-order valence-electron chi connectivity index (χ3n) is 5.26. The highest BCUT2D eigenvalue weighted by molar-refractivity contribution is 5.84. The minimum atomic E-state index is -0.207. The molecular formula is C22H29N3O3. The smallest absolute Gasteiger partial charge is 0.230 e. The number of carbonyl (C=O) groups excluding carboxylic acids is 1. The molecule has 6 heteroatoms. The fourth-order valence-corrected chi connectivity index (χ4v) is 3.75. The molecule has 1 saturated heterocycles. The number of aromatic nitrogens is 1. The number of piperazine rings is 1. The molecule has 1 unspecified atom stereocenters. The minimum Gasteiger partial charge on any atom is -0.493 e. The van der Waals surface area contributed by atoms with Gasteiger partial charge in [0.25, 0.3) is 0 Å². The standard InChI is InChI=1S/C22H29N3O3/c1-16(2)21(17-8-9-18(27-3)19(15-17)28-4)22(26)25-13-11-24(12-14-25)20-7-5-6-10-23-20/h5-10,15-16,21H,11-14H2,1-4H3. The largest absolute Gasteiger partial charge is 0.493 e. The Bertz CT molecular complexity index is 787. The van der Waals surface area contributed by atoms with Crippen LogP contribution in [0.5, 0.6) is 11.5 Å². The second kappa shape index (κ2) is 8.95. The molecule has 2 heterocycles. The zero-order valence-electron chi connectivity index (χ0n) is 17.1. The van der Waals surface area contributed by atoms with Crippen molar-refractivity contribution in [3.05, 3.63) is 48.2 Å². The summed E-state index contributed by atoms with van der Waals surface area (Å²) in [5.74, 6) is 2.43. The van der Waals surface area contributed by atoms with E-state index in [2.05, 4.69) is 23.7 Å². The number of hydrogen-bond acceptors (Lipinski definition) is 5. The molecular weight excluding hydrogens is 354 g/mol. The van der Waals surface area contributed by atoms with Crippen LogP contribution in [-0.4, -0.2) is 56.2 Å². The zero-order chi connectivity index (χ0) is 20.1. The molecule has 0 bridgehead atoms. The second-order valence-electron chi connectivity index (χ2n) is 7.34. The maximum atomic E-state index is 13.4. The van der Waals surface area contributed by atoms with Gasteiger partial charge in [-0.05, 0) is 35.7 Å². The third-order valence-corrected chi connectivity index (χ3v) is 5.26. The van der Waals surface area contributed by atoms with E-state index in [1.54, 1.807) is 20.4 Å². The van der Waals surface area contributed by atoms with Gasteiger partial charge in [0.2, 0.25) is 5.91 Å². The van der Waals surface area contributed by atoms with Crippen molar-refractivity contribution in [1.82, 2.24) is 9.88 Å². The number of ether oxygens (including phenoxy) is 2. The van der Waals surface area contributed by atoms with Crippen LogP contribution in [0.1, 0.15) is 25.3 Å². The average molecular weight is 383 g/mol. The predicted molar refractivity (Wildman–Crippen MR) is 110 cm³/mol. The lowest BCUT2D eigenvalue weighted by Gasteiger charge is -2.37. The van der Waals surface area contributed by atoms with Crippen LogP contribution in [0.3, 0.4) is 0 Å². The van der Waals surface area contributed by atoms with Gasteiger partial charge in [0.05, 0.1) is 20.1 Å². The Labute approximate surface area is 167 Å². The van der Waals surface area contributed by atoms with Gasteiger partial charge in [0, 0.05) is 32.4 Å². The molecule has 3 rings (SSSR count). The lowest BCUT2D eigenvalue weighted by molar-refractivity contribution is -0.134. The van der Waals surface area contributed by atoms with Crippen LogP contribution in [-0.2, 0) is 4.79 Å². The normalized spacial score (nSPS) is 15.5. The Morgan fingerprint density at radius 1 is 1.00 bits per heavy atom. The third kappa shape index (κ3) is 4.21. The molecule has 0 spiro atoms. The predicted octanol–water partition coefficient (Wildman–Crippen LogP) is 3.19. The summed E-state index contributed by atoms with van der Waals surface area (Å²) >= 11 is 0. The summed E-state index contributed by atoms with van der Waals surface area (Å²) in [6.45, 7) is 7.16.